The highest BCUT2D eigenvalue weighted by Gasteiger charge is 2.08. The van der Waals surface area contributed by atoms with Gasteiger partial charge in [-0.3, -0.25) is 0 Å². The average Bonchev–Trinajstić information content (AvgIpc) is 2.57. The first kappa shape index (κ1) is 9.21. The van der Waals surface area contributed by atoms with Crippen LogP contribution in [0.25, 0.3) is 11.1 Å². The van der Waals surface area contributed by atoms with E-state index < -0.39 is 0 Å². The Morgan fingerprint density at radius 1 is 1.29 bits per heavy atom. The summed E-state index contributed by atoms with van der Waals surface area (Å²) in [5.74, 6) is 0.750. The molecule has 0 atom stereocenters. The van der Waals surface area contributed by atoms with E-state index in [0.717, 1.165) is 28.1 Å². The smallest absolute Gasteiger partial charge is 0.209 e. The number of benzene rings is 1. The van der Waals surface area contributed by atoms with Gasteiger partial charge in [0.2, 0.25) is 5.89 Å². The molecule has 1 N–H and O–H groups in total. The van der Waals surface area contributed by atoms with Crippen LogP contribution in [0.4, 0.5) is 0 Å². The lowest BCUT2D eigenvalue weighted by molar-refractivity contribution is 0.510. The van der Waals surface area contributed by atoms with Gasteiger partial charge in [0.05, 0.1) is 6.54 Å². The molecule has 2 aromatic rings. The molecule has 0 saturated heterocycles. The number of aryl methyl sites for hydroxylation is 2. The summed E-state index contributed by atoms with van der Waals surface area (Å²) in [5, 5.41) is 3.03. The Balaban J connectivity index is 2.63. The van der Waals surface area contributed by atoms with E-state index >= 15 is 0 Å². The fraction of sp³-hybridized carbons (Fsp3) is 0.364. The van der Waals surface area contributed by atoms with E-state index in [0.29, 0.717) is 6.54 Å². The van der Waals surface area contributed by atoms with Crippen molar-refractivity contribution in [2.24, 2.45) is 0 Å². The zero-order valence-electron chi connectivity index (χ0n) is 8.72. The Labute approximate surface area is 83.1 Å². The summed E-state index contributed by atoms with van der Waals surface area (Å²) in [5.41, 5.74) is 4.20. The molecule has 3 heteroatoms. The van der Waals surface area contributed by atoms with Crippen molar-refractivity contribution in [2.45, 2.75) is 20.4 Å². The predicted octanol–water partition coefficient (Wildman–Crippen LogP) is 2.16. The van der Waals surface area contributed by atoms with E-state index in [2.05, 4.69) is 22.4 Å². The van der Waals surface area contributed by atoms with E-state index in [1.165, 1.54) is 0 Å². The van der Waals surface area contributed by atoms with Crippen LogP contribution in [0.2, 0.25) is 0 Å². The Hall–Kier alpha value is -1.35. The highest BCUT2D eigenvalue weighted by molar-refractivity contribution is 5.79. The Kier molecular flexibility index (Phi) is 2.25. The van der Waals surface area contributed by atoms with Gasteiger partial charge < -0.3 is 9.73 Å². The number of oxazole rings is 1. The van der Waals surface area contributed by atoms with Gasteiger partial charge in [0.15, 0.2) is 5.58 Å². The van der Waals surface area contributed by atoms with Crippen LogP contribution in [-0.4, -0.2) is 12.0 Å². The standard InChI is InChI=1S/C11H14N2O/c1-7-4-5-8(2)11-10(7)13-9(14-11)6-12-3/h4-5,12H,6H2,1-3H3. The average molecular weight is 190 g/mol. The van der Waals surface area contributed by atoms with Crippen molar-refractivity contribution >= 4 is 11.1 Å². The summed E-state index contributed by atoms with van der Waals surface area (Å²) in [7, 11) is 1.88. The summed E-state index contributed by atoms with van der Waals surface area (Å²) in [6.07, 6.45) is 0. The molecule has 0 aliphatic heterocycles. The number of hydrogen-bond donors (Lipinski definition) is 1. The van der Waals surface area contributed by atoms with Gasteiger partial charge in [-0.25, -0.2) is 4.98 Å². The van der Waals surface area contributed by atoms with Crippen LogP contribution in [0.5, 0.6) is 0 Å². The molecule has 14 heavy (non-hydrogen) atoms. The normalized spacial score (nSPS) is 11.1. The quantitative estimate of drug-likeness (QED) is 0.788. The molecule has 0 aliphatic carbocycles. The fourth-order valence-electron chi connectivity index (χ4n) is 1.53. The van der Waals surface area contributed by atoms with E-state index in [4.69, 9.17) is 4.42 Å². The molecule has 0 saturated carbocycles. The number of hydrogen-bond acceptors (Lipinski definition) is 3. The molecule has 0 amide bonds. The molecule has 74 valence electrons. The third-order valence-electron chi connectivity index (χ3n) is 2.31. The van der Waals surface area contributed by atoms with E-state index in [1.807, 2.05) is 20.9 Å². The maximum atomic E-state index is 5.65. The van der Waals surface area contributed by atoms with Crippen LogP contribution in [0.15, 0.2) is 16.5 Å². The SMILES string of the molecule is CNCc1nc2c(C)ccc(C)c2o1. The van der Waals surface area contributed by atoms with Crippen LogP contribution in [0.3, 0.4) is 0 Å². The third kappa shape index (κ3) is 1.40. The lowest BCUT2D eigenvalue weighted by atomic mass is 10.1. The fourth-order valence-corrected chi connectivity index (χ4v) is 1.53. The largest absolute Gasteiger partial charge is 0.439 e. The van der Waals surface area contributed by atoms with Gasteiger partial charge >= 0.3 is 0 Å². The number of nitrogens with one attached hydrogen (secondary N) is 1. The van der Waals surface area contributed by atoms with Crippen LogP contribution in [0, 0.1) is 13.8 Å². The topological polar surface area (TPSA) is 38.1 Å². The Morgan fingerprint density at radius 3 is 2.64 bits per heavy atom. The minimum atomic E-state index is 0.674. The highest BCUT2D eigenvalue weighted by Crippen LogP contribution is 2.22. The van der Waals surface area contributed by atoms with Crippen molar-refractivity contribution in [1.82, 2.24) is 10.3 Å². The summed E-state index contributed by atoms with van der Waals surface area (Å²) in [6.45, 7) is 4.76. The van der Waals surface area contributed by atoms with Crippen molar-refractivity contribution in [2.75, 3.05) is 7.05 Å². The van der Waals surface area contributed by atoms with Crippen molar-refractivity contribution in [3.63, 3.8) is 0 Å². The number of aromatic nitrogens is 1. The first-order valence-electron chi connectivity index (χ1n) is 4.72. The van der Waals surface area contributed by atoms with E-state index in [9.17, 15) is 0 Å². The summed E-state index contributed by atoms with van der Waals surface area (Å²) in [4.78, 5) is 4.43. The first-order valence-corrected chi connectivity index (χ1v) is 4.72. The van der Waals surface area contributed by atoms with E-state index in [-0.39, 0.29) is 0 Å². The second kappa shape index (κ2) is 3.42. The molecule has 0 radical (unpaired) electrons. The number of rotatable bonds is 2. The molecule has 0 aliphatic rings. The third-order valence-corrected chi connectivity index (χ3v) is 2.31. The maximum Gasteiger partial charge on any atom is 0.209 e. The molecule has 0 spiro atoms. The summed E-state index contributed by atoms with van der Waals surface area (Å²) < 4.78 is 5.65. The van der Waals surface area contributed by atoms with Crippen molar-refractivity contribution < 1.29 is 4.42 Å². The second-order valence-electron chi connectivity index (χ2n) is 3.52. The lowest BCUT2D eigenvalue weighted by Gasteiger charge is -1.95. The van der Waals surface area contributed by atoms with Gasteiger partial charge in [0.25, 0.3) is 0 Å². The molecule has 0 bridgehead atoms. The minimum Gasteiger partial charge on any atom is -0.439 e. The van der Waals surface area contributed by atoms with Crippen molar-refractivity contribution in [3.8, 4) is 0 Å². The highest BCUT2D eigenvalue weighted by atomic mass is 16.3. The van der Waals surface area contributed by atoms with Gasteiger partial charge in [0.1, 0.15) is 5.52 Å². The zero-order chi connectivity index (χ0) is 10.1. The molecular weight excluding hydrogens is 176 g/mol. The molecule has 1 aromatic heterocycles. The second-order valence-corrected chi connectivity index (χ2v) is 3.52. The monoisotopic (exact) mass is 190 g/mol. The van der Waals surface area contributed by atoms with Crippen LogP contribution >= 0.6 is 0 Å². The molecule has 0 fully saturated rings. The maximum absolute atomic E-state index is 5.65. The first-order chi connectivity index (χ1) is 6.72. The molecule has 1 aromatic carbocycles. The predicted molar refractivity (Wildman–Crippen MR) is 56.2 cm³/mol. The molecule has 2 rings (SSSR count). The Morgan fingerprint density at radius 2 is 2.00 bits per heavy atom. The van der Waals surface area contributed by atoms with Gasteiger partial charge in [0, 0.05) is 0 Å². The number of nitrogens with zero attached hydrogens (tertiary/aromatic N) is 1. The molecule has 3 nitrogen and oxygen atoms in total. The summed E-state index contributed by atoms with van der Waals surface area (Å²) >= 11 is 0. The van der Waals surface area contributed by atoms with Crippen LogP contribution < -0.4 is 5.32 Å². The van der Waals surface area contributed by atoms with Gasteiger partial charge in [-0.15, -0.1) is 0 Å². The van der Waals surface area contributed by atoms with Gasteiger partial charge in [-0.1, -0.05) is 12.1 Å². The molecule has 1 heterocycles. The summed E-state index contributed by atoms with van der Waals surface area (Å²) in [6, 6.07) is 4.13. The zero-order valence-corrected chi connectivity index (χ0v) is 8.72. The van der Waals surface area contributed by atoms with Crippen LogP contribution in [-0.2, 0) is 6.54 Å². The minimum absolute atomic E-state index is 0.674. The number of fused-ring (bicyclic) bond motifs is 1. The van der Waals surface area contributed by atoms with E-state index in [1.54, 1.807) is 0 Å². The van der Waals surface area contributed by atoms with Crippen LogP contribution in [0.1, 0.15) is 17.0 Å². The molecule has 0 unspecified atom stereocenters. The Bertz CT molecular complexity index is 421. The van der Waals surface area contributed by atoms with Gasteiger partial charge in [-0.05, 0) is 32.0 Å². The van der Waals surface area contributed by atoms with Gasteiger partial charge in [-0.2, -0.15) is 0 Å². The lowest BCUT2D eigenvalue weighted by Crippen LogP contribution is -2.04. The van der Waals surface area contributed by atoms with Crippen molar-refractivity contribution in [1.29, 1.82) is 0 Å². The van der Waals surface area contributed by atoms with Crippen molar-refractivity contribution in [3.05, 3.63) is 29.2 Å². The molecular formula is C11H14N2O.